The molecule has 2 aromatic carbocycles. The Balaban J connectivity index is 0.000000963. The maximum atomic E-state index is 2.28. The van der Waals surface area contributed by atoms with Crippen molar-refractivity contribution in [2.75, 3.05) is 0 Å². The molecule has 0 aliphatic heterocycles. The van der Waals surface area contributed by atoms with Gasteiger partial charge in [-0.25, -0.2) is 0 Å². The third-order valence-electron chi connectivity index (χ3n) is 2.96. The van der Waals surface area contributed by atoms with E-state index in [0.717, 1.165) is 0 Å². The topological polar surface area (TPSA) is 0 Å². The van der Waals surface area contributed by atoms with Crippen molar-refractivity contribution in [1.29, 1.82) is 0 Å². The molecule has 16 heavy (non-hydrogen) atoms. The van der Waals surface area contributed by atoms with Gasteiger partial charge in [0.05, 0.1) is 0 Å². The van der Waals surface area contributed by atoms with Crippen molar-refractivity contribution in [1.82, 2.24) is 0 Å². The van der Waals surface area contributed by atoms with E-state index in [-0.39, 0.29) is 7.43 Å². The minimum atomic E-state index is 0. The summed E-state index contributed by atoms with van der Waals surface area (Å²) in [6.07, 6.45) is 4.49. The maximum absolute atomic E-state index is 2.28. The summed E-state index contributed by atoms with van der Waals surface area (Å²) < 4.78 is 0. The average Bonchev–Trinajstić information content (AvgIpc) is 2.74. The lowest BCUT2D eigenvalue weighted by atomic mass is 9.93. The Morgan fingerprint density at radius 3 is 2.25 bits per heavy atom. The Morgan fingerprint density at radius 2 is 1.44 bits per heavy atom. The molecule has 0 nitrogen and oxygen atoms in total. The molecule has 0 saturated heterocycles. The van der Waals surface area contributed by atoms with Crippen LogP contribution in [0, 0.1) is 0 Å². The molecule has 0 N–H and O–H groups in total. The first-order valence-corrected chi connectivity index (χ1v) is 5.27. The van der Waals surface area contributed by atoms with Gasteiger partial charge in [0.2, 0.25) is 0 Å². The molecule has 0 spiro atoms. The van der Waals surface area contributed by atoms with E-state index in [2.05, 4.69) is 66.7 Å². The molecule has 0 heteroatoms. The van der Waals surface area contributed by atoms with Crippen LogP contribution in [-0.4, -0.2) is 0 Å². The van der Waals surface area contributed by atoms with Crippen LogP contribution in [0.5, 0.6) is 0 Å². The number of allylic oxidation sites excluding steroid dienone is 1. The fourth-order valence-electron chi connectivity index (χ4n) is 2.20. The summed E-state index contributed by atoms with van der Waals surface area (Å²) in [5.74, 6) is 0.447. The number of hydrogen-bond acceptors (Lipinski definition) is 0. The highest BCUT2D eigenvalue weighted by Gasteiger charge is 2.17. The molecule has 0 saturated carbocycles. The molecule has 2 aromatic rings. The second-order valence-corrected chi connectivity index (χ2v) is 3.88. The molecule has 1 unspecified atom stereocenters. The Labute approximate surface area is 97.3 Å². The molecular weight excluding hydrogens is 192 g/mol. The molecule has 0 amide bonds. The van der Waals surface area contributed by atoms with Crippen LogP contribution in [0.25, 0.3) is 6.08 Å². The molecule has 80 valence electrons. The van der Waals surface area contributed by atoms with Gasteiger partial charge in [0.15, 0.2) is 0 Å². The lowest BCUT2D eigenvalue weighted by molar-refractivity contribution is 1.05. The molecular formula is C16H16. The predicted octanol–water partition coefficient (Wildman–Crippen LogP) is 4.48. The first-order valence-electron chi connectivity index (χ1n) is 5.27. The normalized spacial score (nSPS) is 16.6. The SMILES string of the molecule is C.C1=CC(c2ccccc2)c2ccccc21. The second-order valence-electron chi connectivity index (χ2n) is 3.88. The van der Waals surface area contributed by atoms with Crippen LogP contribution in [0.15, 0.2) is 60.7 Å². The molecule has 0 bridgehead atoms. The zero-order valence-electron chi connectivity index (χ0n) is 8.43. The summed E-state index contributed by atoms with van der Waals surface area (Å²) in [6.45, 7) is 0. The van der Waals surface area contributed by atoms with Gasteiger partial charge in [0, 0.05) is 5.92 Å². The van der Waals surface area contributed by atoms with Crippen molar-refractivity contribution in [2.45, 2.75) is 13.3 Å². The van der Waals surface area contributed by atoms with Gasteiger partial charge in [0.1, 0.15) is 0 Å². The summed E-state index contributed by atoms with van der Waals surface area (Å²) >= 11 is 0. The van der Waals surface area contributed by atoms with Crippen LogP contribution in [0.1, 0.15) is 30.0 Å². The van der Waals surface area contributed by atoms with Crippen molar-refractivity contribution in [2.24, 2.45) is 0 Å². The molecule has 0 radical (unpaired) electrons. The third-order valence-corrected chi connectivity index (χ3v) is 2.96. The second kappa shape index (κ2) is 4.36. The average molecular weight is 208 g/mol. The van der Waals surface area contributed by atoms with E-state index in [1.165, 1.54) is 16.7 Å². The number of benzene rings is 2. The largest absolute Gasteiger partial charge is 0.0776 e. The Kier molecular flexibility index (Phi) is 2.91. The van der Waals surface area contributed by atoms with Crippen molar-refractivity contribution in [3.63, 3.8) is 0 Å². The standard InChI is InChI=1S/C15H12.CH4/c1-2-6-12(7-3-1)15-11-10-13-8-4-5-9-14(13)15;/h1-11,15H;1H4. The molecule has 1 aliphatic carbocycles. The van der Waals surface area contributed by atoms with Crippen molar-refractivity contribution >= 4 is 6.08 Å². The van der Waals surface area contributed by atoms with Crippen LogP contribution in [0.3, 0.4) is 0 Å². The first kappa shape index (κ1) is 10.7. The highest BCUT2D eigenvalue weighted by atomic mass is 14.2. The van der Waals surface area contributed by atoms with E-state index >= 15 is 0 Å². The summed E-state index contributed by atoms with van der Waals surface area (Å²) in [6, 6.07) is 19.2. The Bertz CT molecular complexity index is 494. The van der Waals surface area contributed by atoms with Crippen LogP contribution in [-0.2, 0) is 0 Å². The van der Waals surface area contributed by atoms with Crippen LogP contribution < -0.4 is 0 Å². The zero-order chi connectivity index (χ0) is 10.1. The summed E-state index contributed by atoms with van der Waals surface area (Å²) in [5, 5.41) is 0. The van der Waals surface area contributed by atoms with Gasteiger partial charge < -0.3 is 0 Å². The molecule has 0 fully saturated rings. The lowest BCUT2D eigenvalue weighted by Gasteiger charge is -2.10. The number of hydrogen-bond donors (Lipinski definition) is 0. The molecule has 1 atom stereocenters. The van der Waals surface area contributed by atoms with E-state index in [1.54, 1.807) is 0 Å². The van der Waals surface area contributed by atoms with Crippen molar-refractivity contribution in [3.8, 4) is 0 Å². The number of fused-ring (bicyclic) bond motifs is 1. The summed E-state index contributed by atoms with van der Waals surface area (Å²) in [4.78, 5) is 0. The highest BCUT2D eigenvalue weighted by Crippen LogP contribution is 2.34. The zero-order valence-corrected chi connectivity index (χ0v) is 8.43. The van der Waals surface area contributed by atoms with Gasteiger partial charge >= 0.3 is 0 Å². The Morgan fingerprint density at radius 1 is 0.750 bits per heavy atom. The van der Waals surface area contributed by atoms with Gasteiger partial charge in [-0.2, -0.15) is 0 Å². The third kappa shape index (κ3) is 1.67. The number of rotatable bonds is 1. The molecule has 1 aliphatic rings. The monoisotopic (exact) mass is 208 g/mol. The van der Waals surface area contributed by atoms with Crippen LogP contribution in [0.2, 0.25) is 0 Å². The van der Waals surface area contributed by atoms with Gasteiger partial charge in [0.25, 0.3) is 0 Å². The van der Waals surface area contributed by atoms with Gasteiger partial charge in [-0.1, -0.05) is 74.2 Å². The van der Waals surface area contributed by atoms with E-state index in [1.807, 2.05) is 0 Å². The van der Waals surface area contributed by atoms with Crippen LogP contribution >= 0.6 is 0 Å². The fourth-order valence-corrected chi connectivity index (χ4v) is 2.20. The fraction of sp³-hybridized carbons (Fsp3) is 0.125. The van der Waals surface area contributed by atoms with E-state index in [4.69, 9.17) is 0 Å². The molecule has 0 heterocycles. The molecule has 0 aromatic heterocycles. The first-order chi connectivity index (χ1) is 7.45. The minimum Gasteiger partial charge on any atom is -0.0776 e. The summed E-state index contributed by atoms with van der Waals surface area (Å²) in [5.41, 5.74) is 4.15. The van der Waals surface area contributed by atoms with Gasteiger partial charge in [-0.05, 0) is 16.7 Å². The quantitative estimate of drug-likeness (QED) is 0.648. The van der Waals surface area contributed by atoms with Crippen molar-refractivity contribution < 1.29 is 0 Å². The van der Waals surface area contributed by atoms with Crippen LogP contribution in [0.4, 0.5) is 0 Å². The highest BCUT2D eigenvalue weighted by molar-refractivity contribution is 5.65. The maximum Gasteiger partial charge on any atom is 0.0278 e. The van der Waals surface area contributed by atoms with Gasteiger partial charge in [-0.3, -0.25) is 0 Å². The minimum absolute atomic E-state index is 0. The van der Waals surface area contributed by atoms with E-state index in [0.29, 0.717) is 5.92 Å². The van der Waals surface area contributed by atoms with E-state index in [9.17, 15) is 0 Å². The van der Waals surface area contributed by atoms with E-state index < -0.39 is 0 Å². The molecule has 3 rings (SSSR count). The smallest absolute Gasteiger partial charge is 0.0278 e. The predicted molar refractivity (Wildman–Crippen MR) is 70.5 cm³/mol. The lowest BCUT2D eigenvalue weighted by Crippen LogP contribution is -1.94. The van der Waals surface area contributed by atoms with Gasteiger partial charge in [-0.15, -0.1) is 0 Å². The summed E-state index contributed by atoms with van der Waals surface area (Å²) in [7, 11) is 0. The Hall–Kier alpha value is -1.82. The van der Waals surface area contributed by atoms with Crippen molar-refractivity contribution in [3.05, 3.63) is 77.4 Å².